The first-order chi connectivity index (χ1) is 12.5. The van der Waals surface area contributed by atoms with Crippen LogP contribution in [0.4, 0.5) is 0 Å². The largest absolute Gasteiger partial charge is 0.346 e. The van der Waals surface area contributed by atoms with Crippen LogP contribution in [0.2, 0.25) is 0 Å². The Kier molecular flexibility index (Phi) is 4.08. The first kappa shape index (κ1) is 16.5. The lowest BCUT2D eigenvalue weighted by Gasteiger charge is -2.16. The summed E-state index contributed by atoms with van der Waals surface area (Å²) in [7, 11) is 0. The fourth-order valence-electron chi connectivity index (χ4n) is 3.12. The summed E-state index contributed by atoms with van der Waals surface area (Å²) in [6.45, 7) is 3.91. The molecule has 0 aliphatic rings. The van der Waals surface area contributed by atoms with Gasteiger partial charge in [0, 0.05) is 34.9 Å². The van der Waals surface area contributed by atoms with Gasteiger partial charge in [0.05, 0.1) is 17.3 Å². The van der Waals surface area contributed by atoms with E-state index in [0.29, 0.717) is 5.39 Å². The molecule has 4 aromatic rings. The lowest BCUT2D eigenvalue weighted by molar-refractivity contribution is -0.122. The molecular formula is C19H18N4O2S. The van der Waals surface area contributed by atoms with Gasteiger partial charge in [0.1, 0.15) is 6.54 Å². The number of benzene rings is 1. The van der Waals surface area contributed by atoms with Crippen molar-refractivity contribution in [2.24, 2.45) is 0 Å². The zero-order valence-electron chi connectivity index (χ0n) is 14.5. The predicted molar refractivity (Wildman–Crippen MR) is 103 cm³/mol. The van der Waals surface area contributed by atoms with E-state index in [1.54, 1.807) is 23.5 Å². The van der Waals surface area contributed by atoms with Crippen LogP contribution < -0.4 is 10.7 Å². The highest BCUT2D eigenvalue weighted by atomic mass is 32.1. The molecule has 1 amide bonds. The minimum atomic E-state index is -0.194. The number of nitrogens with zero attached hydrogens (tertiary/aromatic N) is 3. The zero-order valence-corrected chi connectivity index (χ0v) is 15.3. The number of hydrogen-bond acceptors (Lipinski definition) is 4. The number of fused-ring (bicyclic) bond motifs is 2. The number of aryl methyl sites for hydroxylation is 1. The van der Waals surface area contributed by atoms with Gasteiger partial charge in [-0.1, -0.05) is 12.1 Å². The summed E-state index contributed by atoms with van der Waals surface area (Å²) in [6.07, 6.45) is 3.87. The second-order valence-corrected chi connectivity index (χ2v) is 7.17. The van der Waals surface area contributed by atoms with Crippen molar-refractivity contribution in [1.29, 1.82) is 0 Å². The maximum atomic E-state index is 12.6. The van der Waals surface area contributed by atoms with E-state index in [1.807, 2.05) is 58.8 Å². The van der Waals surface area contributed by atoms with Crippen LogP contribution in [0.3, 0.4) is 0 Å². The van der Waals surface area contributed by atoms with Crippen LogP contribution in [0.5, 0.6) is 0 Å². The fourth-order valence-corrected chi connectivity index (χ4v) is 3.83. The Labute approximate surface area is 153 Å². The lowest BCUT2D eigenvalue weighted by atomic mass is 10.2. The molecule has 0 aliphatic heterocycles. The quantitative estimate of drug-likeness (QED) is 0.604. The number of carbonyl (C=O) groups excluding carboxylic acids is 1. The van der Waals surface area contributed by atoms with Crippen molar-refractivity contribution in [3.05, 3.63) is 69.7 Å². The molecule has 0 saturated carbocycles. The van der Waals surface area contributed by atoms with Gasteiger partial charge in [-0.3, -0.25) is 14.0 Å². The predicted octanol–water partition coefficient (Wildman–Crippen LogP) is 2.90. The number of thiazole rings is 1. The third-order valence-corrected chi connectivity index (χ3v) is 5.23. The minimum absolute atomic E-state index is 0.0267. The molecule has 132 valence electrons. The molecule has 0 radical (unpaired) electrons. The third-order valence-electron chi connectivity index (χ3n) is 4.46. The highest BCUT2D eigenvalue weighted by Gasteiger charge is 2.15. The molecule has 1 unspecified atom stereocenters. The maximum absolute atomic E-state index is 12.6. The van der Waals surface area contributed by atoms with Crippen molar-refractivity contribution < 1.29 is 4.79 Å². The fraction of sp³-hybridized carbons (Fsp3) is 0.211. The molecule has 7 heteroatoms. The van der Waals surface area contributed by atoms with Crippen molar-refractivity contribution in [3.8, 4) is 0 Å². The molecule has 4 rings (SSSR count). The average Bonchev–Trinajstić information content (AvgIpc) is 3.20. The number of aromatic nitrogens is 3. The van der Waals surface area contributed by atoms with Crippen molar-refractivity contribution >= 4 is 33.1 Å². The summed E-state index contributed by atoms with van der Waals surface area (Å²) < 4.78 is 3.81. The number of amides is 1. The van der Waals surface area contributed by atoms with Crippen molar-refractivity contribution in [2.75, 3.05) is 0 Å². The van der Waals surface area contributed by atoms with Gasteiger partial charge in [-0.2, -0.15) is 0 Å². The number of imidazole rings is 1. The average molecular weight is 366 g/mol. The summed E-state index contributed by atoms with van der Waals surface area (Å²) >= 11 is 1.56. The zero-order chi connectivity index (χ0) is 18.3. The molecule has 0 spiro atoms. The van der Waals surface area contributed by atoms with Crippen LogP contribution in [-0.4, -0.2) is 19.9 Å². The number of carbonyl (C=O) groups is 1. The molecule has 1 aromatic carbocycles. The van der Waals surface area contributed by atoms with Gasteiger partial charge in [-0.15, -0.1) is 11.3 Å². The lowest BCUT2D eigenvalue weighted by Crippen LogP contribution is -2.31. The molecule has 0 bridgehead atoms. The molecule has 0 saturated heterocycles. The molecular weight excluding hydrogens is 348 g/mol. The van der Waals surface area contributed by atoms with Crippen molar-refractivity contribution in [3.63, 3.8) is 0 Å². The molecule has 6 nitrogen and oxygen atoms in total. The Morgan fingerprint density at radius 2 is 2.15 bits per heavy atom. The van der Waals surface area contributed by atoms with Crippen LogP contribution in [0.1, 0.15) is 24.4 Å². The highest BCUT2D eigenvalue weighted by molar-refractivity contribution is 7.15. The van der Waals surface area contributed by atoms with Gasteiger partial charge in [0.15, 0.2) is 10.4 Å². The maximum Gasteiger partial charge on any atom is 0.240 e. The molecule has 0 fully saturated rings. The first-order valence-electron chi connectivity index (χ1n) is 8.33. The molecule has 26 heavy (non-hydrogen) atoms. The van der Waals surface area contributed by atoms with E-state index >= 15 is 0 Å². The summed E-state index contributed by atoms with van der Waals surface area (Å²) in [4.78, 5) is 30.2. The summed E-state index contributed by atoms with van der Waals surface area (Å²) in [6, 6.07) is 8.73. The monoisotopic (exact) mass is 366 g/mol. The van der Waals surface area contributed by atoms with Crippen LogP contribution in [0.15, 0.2) is 52.9 Å². The number of rotatable bonds is 4. The second-order valence-electron chi connectivity index (χ2n) is 6.30. The smallest absolute Gasteiger partial charge is 0.240 e. The Balaban J connectivity index is 1.57. The van der Waals surface area contributed by atoms with Crippen LogP contribution in [-0.2, 0) is 11.3 Å². The van der Waals surface area contributed by atoms with Gasteiger partial charge < -0.3 is 9.88 Å². The molecule has 3 aromatic heterocycles. The highest BCUT2D eigenvalue weighted by Crippen LogP contribution is 2.17. The molecule has 1 atom stereocenters. The van der Waals surface area contributed by atoms with Crippen LogP contribution in [0.25, 0.3) is 15.9 Å². The number of hydrogen-bond donors (Lipinski definition) is 1. The van der Waals surface area contributed by atoms with E-state index in [9.17, 15) is 9.59 Å². The van der Waals surface area contributed by atoms with E-state index in [0.717, 1.165) is 21.9 Å². The topological polar surface area (TPSA) is 68.4 Å². The minimum Gasteiger partial charge on any atom is -0.346 e. The first-order valence-corrected chi connectivity index (χ1v) is 9.21. The normalized spacial score (nSPS) is 12.5. The van der Waals surface area contributed by atoms with Gasteiger partial charge in [-0.05, 0) is 26.0 Å². The summed E-state index contributed by atoms with van der Waals surface area (Å²) in [5.41, 5.74) is 2.33. The van der Waals surface area contributed by atoms with Crippen molar-refractivity contribution in [1.82, 2.24) is 19.3 Å². The molecule has 3 heterocycles. The standard InChI is InChI=1S/C19H18N4O2S/c1-12-9-17(24)14-5-3-4-6-16(14)23(12)11-18(25)20-13(2)15-10-22-7-8-26-19(22)21-15/h3-10,13H,11H2,1-2H3,(H,20,25). The van der Waals surface area contributed by atoms with Gasteiger partial charge in [-0.25, -0.2) is 4.98 Å². The summed E-state index contributed by atoms with van der Waals surface area (Å²) in [5.74, 6) is -0.120. The van der Waals surface area contributed by atoms with E-state index in [1.165, 1.54) is 0 Å². The van der Waals surface area contributed by atoms with E-state index in [2.05, 4.69) is 10.3 Å². The number of pyridine rings is 1. The van der Waals surface area contributed by atoms with E-state index < -0.39 is 0 Å². The molecule has 0 aliphatic carbocycles. The van der Waals surface area contributed by atoms with Crippen molar-refractivity contribution in [2.45, 2.75) is 26.4 Å². The Morgan fingerprint density at radius 1 is 1.35 bits per heavy atom. The molecule has 1 N–H and O–H groups in total. The van der Waals surface area contributed by atoms with E-state index in [-0.39, 0.29) is 23.9 Å². The second kappa shape index (κ2) is 6.42. The van der Waals surface area contributed by atoms with Crippen LogP contribution in [0, 0.1) is 6.92 Å². The SMILES string of the molecule is Cc1cc(=O)c2ccccc2n1CC(=O)NC(C)c1cn2ccsc2n1. The number of nitrogens with one attached hydrogen (secondary N) is 1. The van der Waals surface area contributed by atoms with Gasteiger partial charge >= 0.3 is 0 Å². The number of para-hydroxylation sites is 1. The Morgan fingerprint density at radius 3 is 2.96 bits per heavy atom. The van der Waals surface area contributed by atoms with Gasteiger partial charge in [0.2, 0.25) is 5.91 Å². The van der Waals surface area contributed by atoms with E-state index in [4.69, 9.17) is 0 Å². The van der Waals surface area contributed by atoms with Crippen LogP contribution >= 0.6 is 11.3 Å². The summed E-state index contributed by atoms with van der Waals surface area (Å²) in [5, 5.41) is 5.58. The third kappa shape index (κ3) is 2.90. The Bertz CT molecular complexity index is 1140. The van der Waals surface area contributed by atoms with Gasteiger partial charge in [0.25, 0.3) is 0 Å². The Hall–Kier alpha value is -2.93.